The number of pyridine rings is 1. The maximum Gasteiger partial charge on any atom is 0.141 e. The van der Waals surface area contributed by atoms with Crippen LogP contribution in [0.3, 0.4) is 0 Å². The van der Waals surface area contributed by atoms with Crippen LogP contribution in [0.2, 0.25) is 0 Å². The highest BCUT2D eigenvalue weighted by atomic mass is 15.0. The summed E-state index contributed by atoms with van der Waals surface area (Å²) in [5, 5.41) is 0. The summed E-state index contributed by atoms with van der Waals surface area (Å²) < 4.78 is 1.91. The average molecular weight is 287 g/mol. The number of anilines is 1. The first-order valence-corrected chi connectivity index (χ1v) is 6.93. The minimum absolute atomic E-state index is 0.231. The van der Waals surface area contributed by atoms with Crippen molar-refractivity contribution in [2.75, 3.05) is 5.73 Å². The van der Waals surface area contributed by atoms with Crippen LogP contribution in [0.4, 0.5) is 5.82 Å². The molecule has 0 bridgehead atoms. The maximum absolute atomic E-state index is 5.99. The highest BCUT2D eigenvalue weighted by molar-refractivity contribution is 5.85. The van der Waals surface area contributed by atoms with Crippen molar-refractivity contribution in [3.05, 3.63) is 53.5 Å². The lowest BCUT2D eigenvalue weighted by atomic mass is 10.1. The fourth-order valence-corrected chi connectivity index (χ4v) is 2.44. The van der Waals surface area contributed by atoms with Crippen molar-refractivity contribution in [3.63, 3.8) is 0 Å². The third-order valence-electron chi connectivity index (χ3n) is 3.64. The number of aryl methyl sites for hydroxylation is 1. The number of hydrogen-bond donors (Lipinski definition) is 1. The number of nitrogens with zero attached hydrogens (tertiary/aromatic N) is 4. The van der Waals surface area contributed by atoms with Gasteiger partial charge in [0.05, 0.1) is 23.6 Å². The Kier molecular flexibility index (Phi) is 2.70. The average Bonchev–Trinajstić information content (AvgIpc) is 3.31. The van der Waals surface area contributed by atoms with Crippen molar-refractivity contribution >= 4 is 23.1 Å². The molecule has 4 rings (SSSR count). The van der Waals surface area contributed by atoms with E-state index in [1.807, 2.05) is 30.0 Å². The van der Waals surface area contributed by atoms with Gasteiger partial charge in [-0.15, -0.1) is 0 Å². The number of hydrogen-bond acceptors (Lipinski definition) is 4. The van der Waals surface area contributed by atoms with Gasteiger partial charge in [0, 0.05) is 18.8 Å². The summed E-state index contributed by atoms with van der Waals surface area (Å²) in [5.41, 5.74) is 10.5. The molecule has 22 heavy (non-hydrogen) atoms. The molecule has 0 amide bonds. The summed E-state index contributed by atoms with van der Waals surface area (Å²) in [5.74, 6) is 6.74. The molecule has 2 N–H and O–H groups in total. The van der Waals surface area contributed by atoms with Gasteiger partial charge in [0.2, 0.25) is 0 Å². The van der Waals surface area contributed by atoms with E-state index in [1.54, 1.807) is 12.5 Å². The van der Waals surface area contributed by atoms with E-state index in [2.05, 4.69) is 38.9 Å². The monoisotopic (exact) mass is 287 g/mol. The second kappa shape index (κ2) is 4.71. The molecular weight excluding hydrogens is 274 g/mol. The van der Waals surface area contributed by atoms with Gasteiger partial charge in [-0.1, -0.05) is 24.0 Å². The van der Waals surface area contributed by atoms with Gasteiger partial charge in [-0.05, 0) is 17.7 Å². The van der Waals surface area contributed by atoms with Crippen molar-refractivity contribution in [3.8, 4) is 11.8 Å². The first-order chi connectivity index (χ1) is 10.7. The lowest BCUT2D eigenvalue weighted by Gasteiger charge is -2.01. The van der Waals surface area contributed by atoms with Crippen LogP contribution in [0, 0.1) is 11.8 Å². The number of nitrogens with two attached hydrogens (primary N) is 1. The predicted molar refractivity (Wildman–Crippen MR) is 86.6 cm³/mol. The molecule has 1 unspecified atom stereocenters. The van der Waals surface area contributed by atoms with Crippen LogP contribution in [-0.2, 0) is 7.05 Å². The Bertz CT molecular complexity index is 966. The number of imidazole rings is 1. The summed E-state index contributed by atoms with van der Waals surface area (Å²) >= 11 is 0. The molecule has 3 aromatic rings. The van der Waals surface area contributed by atoms with Gasteiger partial charge in [-0.25, -0.2) is 9.97 Å². The molecule has 5 heteroatoms. The first-order valence-electron chi connectivity index (χ1n) is 6.93. The van der Waals surface area contributed by atoms with Crippen LogP contribution in [0.5, 0.6) is 0 Å². The quantitative estimate of drug-likeness (QED) is 0.697. The zero-order valence-electron chi connectivity index (χ0n) is 12.0. The Morgan fingerprint density at radius 2 is 2.09 bits per heavy atom. The van der Waals surface area contributed by atoms with E-state index in [4.69, 9.17) is 5.73 Å². The van der Waals surface area contributed by atoms with Gasteiger partial charge < -0.3 is 10.3 Å². The van der Waals surface area contributed by atoms with E-state index < -0.39 is 0 Å². The number of aromatic nitrogens is 3. The van der Waals surface area contributed by atoms with Crippen molar-refractivity contribution in [2.24, 2.45) is 12.0 Å². The molecule has 1 aliphatic heterocycles. The number of nitrogen functional groups attached to an aromatic ring is 1. The van der Waals surface area contributed by atoms with E-state index >= 15 is 0 Å². The fraction of sp³-hybridized carbons (Fsp3) is 0.118. The van der Waals surface area contributed by atoms with E-state index in [9.17, 15) is 0 Å². The highest BCUT2D eigenvalue weighted by Crippen LogP contribution is 2.24. The zero-order chi connectivity index (χ0) is 15.1. The molecule has 1 aliphatic rings. The Balaban J connectivity index is 1.80. The van der Waals surface area contributed by atoms with Gasteiger partial charge in [0.25, 0.3) is 0 Å². The van der Waals surface area contributed by atoms with Gasteiger partial charge in [0.1, 0.15) is 17.4 Å². The predicted octanol–water partition coefficient (Wildman–Crippen LogP) is 2.08. The molecule has 0 spiro atoms. The minimum atomic E-state index is 0.231. The molecule has 1 aromatic carbocycles. The Labute approximate surface area is 127 Å². The van der Waals surface area contributed by atoms with E-state index in [0.29, 0.717) is 11.4 Å². The van der Waals surface area contributed by atoms with Crippen LogP contribution in [0.1, 0.15) is 22.7 Å². The summed E-state index contributed by atoms with van der Waals surface area (Å²) in [6, 6.07) is 8.31. The molecule has 2 aromatic heterocycles. The molecule has 0 radical (unpaired) electrons. The number of aliphatic imine (C=N–C) groups is 1. The standard InChI is InChI=1S/C17H13N5/c1-22-10-21-15-9-20-17(18)13(16(15)22)6-5-11-3-2-4-12(7-11)14-8-19-14/h2-4,7-10,14H,1H3,(H2,18,20). The fourth-order valence-electron chi connectivity index (χ4n) is 2.44. The van der Waals surface area contributed by atoms with Crippen molar-refractivity contribution in [1.29, 1.82) is 0 Å². The van der Waals surface area contributed by atoms with E-state index in [-0.39, 0.29) is 6.04 Å². The molecule has 3 heterocycles. The van der Waals surface area contributed by atoms with Gasteiger partial charge >= 0.3 is 0 Å². The molecule has 1 atom stereocenters. The molecule has 0 saturated heterocycles. The molecule has 0 fully saturated rings. The molecule has 5 nitrogen and oxygen atoms in total. The minimum Gasteiger partial charge on any atom is -0.383 e. The van der Waals surface area contributed by atoms with Crippen molar-refractivity contribution < 1.29 is 0 Å². The van der Waals surface area contributed by atoms with Gasteiger partial charge in [-0.2, -0.15) is 0 Å². The van der Waals surface area contributed by atoms with Crippen LogP contribution < -0.4 is 5.73 Å². The topological polar surface area (TPSA) is 69.1 Å². The summed E-state index contributed by atoms with van der Waals surface area (Å²) in [6.07, 6.45) is 5.33. The van der Waals surface area contributed by atoms with Crippen LogP contribution in [0.25, 0.3) is 11.0 Å². The summed E-state index contributed by atoms with van der Waals surface area (Å²) in [6.45, 7) is 0. The summed E-state index contributed by atoms with van der Waals surface area (Å²) in [7, 11) is 1.92. The maximum atomic E-state index is 5.99. The van der Waals surface area contributed by atoms with E-state index in [1.165, 1.54) is 0 Å². The molecule has 106 valence electrons. The van der Waals surface area contributed by atoms with Crippen molar-refractivity contribution in [2.45, 2.75) is 6.04 Å². The first kappa shape index (κ1) is 12.6. The molecule has 0 saturated carbocycles. The number of benzene rings is 1. The number of rotatable bonds is 1. The lowest BCUT2D eigenvalue weighted by molar-refractivity contribution is 0.946. The zero-order valence-corrected chi connectivity index (χ0v) is 12.0. The van der Waals surface area contributed by atoms with Crippen molar-refractivity contribution in [1.82, 2.24) is 14.5 Å². The van der Waals surface area contributed by atoms with Crippen LogP contribution >= 0.6 is 0 Å². The molecular formula is C17H13N5. The number of fused-ring (bicyclic) bond motifs is 1. The smallest absolute Gasteiger partial charge is 0.141 e. The molecule has 0 aliphatic carbocycles. The Hall–Kier alpha value is -3.13. The third kappa shape index (κ3) is 2.11. The van der Waals surface area contributed by atoms with Gasteiger partial charge in [0.15, 0.2) is 0 Å². The SMILES string of the molecule is Cn1cnc2cnc(N)c(C#Cc3cccc(C4C=N4)c3)c21. The largest absolute Gasteiger partial charge is 0.383 e. The van der Waals surface area contributed by atoms with Crippen LogP contribution in [0.15, 0.2) is 41.8 Å². The van der Waals surface area contributed by atoms with Crippen LogP contribution in [-0.4, -0.2) is 20.7 Å². The third-order valence-corrected chi connectivity index (χ3v) is 3.64. The Morgan fingerprint density at radius 1 is 1.23 bits per heavy atom. The highest BCUT2D eigenvalue weighted by Gasteiger charge is 2.15. The van der Waals surface area contributed by atoms with E-state index in [0.717, 1.165) is 22.2 Å². The second-order valence-corrected chi connectivity index (χ2v) is 5.23. The second-order valence-electron chi connectivity index (χ2n) is 5.23. The normalized spacial score (nSPS) is 15.6. The van der Waals surface area contributed by atoms with Gasteiger partial charge in [-0.3, -0.25) is 4.99 Å². The Morgan fingerprint density at radius 3 is 2.91 bits per heavy atom. The lowest BCUT2D eigenvalue weighted by Crippen LogP contribution is -1.98. The summed E-state index contributed by atoms with van der Waals surface area (Å²) in [4.78, 5) is 12.6.